The number of carbonyl (C=O) groups excluding carboxylic acids is 1. The standard InChI is InChI=1S/C19H16ClN3O3S/c20-15-7-3-2-6-14(15)18-22-23-19(26-18)27-11-17(24)21-10-13-9-12-5-1-4-8-16(12)25-13/h1-8,13H,9-11H2,(H,21,24). The number of nitrogens with zero attached hydrogens (tertiary/aromatic N) is 2. The highest BCUT2D eigenvalue weighted by Gasteiger charge is 2.22. The Morgan fingerprint density at radius 3 is 2.85 bits per heavy atom. The Labute approximate surface area is 165 Å². The van der Waals surface area contributed by atoms with Crippen molar-refractivity contribution in [3.8, 4) is 17.2 Å². The van der Waals surface area contributed by atoms with Gasteiger partial charge in [0.15, 0.2) is 0 Å². The van der Waals surface area contributed by atoms with E-state index in [1.165, 1.54) is 17.3 Å². The van der Waals surface area contributed by atoms with Gasteiger partial charge in [-0.25, -0.2) is 0 Å². The van der Waals surface area contributed by atoms with Gasteiger partial charge in [-0.05, 0) is 23.8 Å². The molecule has 0 aliphatic carbocycles. The molecule has 1 N–H and O–H groups in total. The summed E-state index contributed by atoms with van der Waals surface area (Å²) in [4.78, 5) is 12.1. The number of carbonyl (C=O) groups is 1. The Kier molecular flexibility index (Phi) is 5.31. The molecule has 1 aliphatic rings. The van der Waals surface area contributed by atoms with E-state index in [1.54, 1.807) is 12.1 Å². The second-order valence-electron chi connectivity index (χ2n) is 6.00. The zero-order valence-electron chi connectivity index (χ0n) is 14.2. The van der Waals surface area contributed by atoms with E-state index in [9.17, 15) is 4.79 Å². The summed E-state index contributed by atoms with van der Waals surface area (Å²) in [5.41, 5.74) is 1.84. The molecule has 0 radical (unpaired) electrons. The first-order chi connectivity index (χ1) is 13.2. The maximum atomic E-state index is 12.1. The maximum Gasteiger partial charge on any atom is 0.277 e. The number of amides is 1. The second kappa shape index (κ2) is 8.02. The minimum Gasteiger partial charge on any atom is -0.488 e. The van der Waals surface area contributed by atoms with Crippen LogP contribution in [-0.2, 0) is 11.2 Å². The minimum absolute atomic E-state index is 0.0356. The van der Waals surface area contributed by atoms with Gasteiger partial charge < -0.3 is 14.5 Å². The highest BCUT2D eigenvalue weighted by molar-refractivity contribution is 7.99. The molecule has 1 aromatic heterocycles. The molecule has 2 aromatic carbocycles. The quantitative estimate of drug-likeness (QED) is 0.636. The van der Waals surface area contributed by atoms with E-state index < -0.39 is 0 Å². The Morgan fingerprint density at radius 1 is 1.19 bits per heavy atom. The smallest absolute Gasteiger partial charge is 0.277 e. The summed E-state index contributed by atoms with van der Waals surface area (Å²) in [6, 6.07) is 15.1. The van der Waals surface area contributed by atoms with Crippen LogP contribution < -0.4 is 10.1 Å². The first-order valence-electron chi connectivity index (χ1n) is 8.41. The molecule has 4 rings (SSSR count). The van der Waals surface area contributed by atoms with Crippen LogP contribution in [0.1, 0.15) is 5.56 Å². The normalized spacial score (nSPS) is 15.2. The maximum absolute atomic E-state index is 12.1. The van der Waals surface area contributed by atoms with Crippen molar-refractivity contribution in [1.82, 2.24) is 15.5 Å². The van der Waals surface area contributed by atoms with Gasteiger partial charge in [0, 0.05) is 6.42 Å². The van der Waals surface area contributed by atoms with E-state index in [4.69, 9.17) is 20.8 Å². The number of thioether (sulfide) groups is 1. The predicted molar refractivity (Wildman–Crippen MR) is 103 cm³/mol. The summed E-state index contributed by atoms with van der Waals surface area (Å²) in [6.45, 7) is 0.461. The third-order valence-electron chi connectivity index (χ3n) is 4.08. The van der Waals surface area contributed by atoms with Gasteiger partial charge in [-0.15, -0.1) is 10.2 Å². The molecule has 0 fully saturated rings. The molecular formula is C19H16ClN3O3S. The molecule has 0 saturated heterocycles. The lowest BCUT2D eigenvalue weighted by Crippen LogP contribution is -2.35. The number of fused-ring (bicyclic) bond motifs is 1. The summed E-state index contributed by atoms with van der Waals surface area (Å²) in [5, 5.41) is 11.7. The molecule has 1 atom stereocenters. The van der Waals surface area contributed by atoms with Crippen molar-refractivity contribution in [3.05, 3.63) is 59.1 Å². The third-order valence-corrected chi connectivity index (χ3v) is 5.23. The first-order valence-corrected chi connectivity index (χ1v) is 9.78. The molecule has 3 aromatic rings. The van der Waals surface area contributed by atoms with Gasteiger partial charge in [-0.3, -0.25) is 4.79 Å². The van der Waals surface area contributed by atoms with E-state index in [2.05, 4.69) is 15.5 Å². The van der Waals surface area contributed by atoms with Crippen molar-refractivity contribution in [2.45, 2.75) is 17.7 Å². The number of rotatable bonds is 6. The summed E-state index contributed by atoms with van der Waals surface area (Å²) in [7, 11) is 0. The topological polar surface area (TPSA) is 77.2 Å². The molecule has 6 nitrogen and oxygen atoms in total. The van der Waals surface area contributed by atoms with Gasteiger partial charge in [0.25, 0.3) is 5.22 Å². The third kappa shape index (κ3) is 4.26. The lowest BCUT2D eigenvalue weighted by molar-refractivity contribution is -0.118. The van der Waals surface area contributed by atoms with Crippen LogP contribution in [0.4, 0.5) is 0 Å². The van der Waals surface area contributed by atoms with Crippen molar-refractivity contribution in [3.63, 3.8) is 0 Å². The van der Waals surface area contributed by atoms with Crippen LogP contribution >= 0.6 is 23.4 Å². The fraction of sp³-hybridized carbons (Fsp3) is 0.211. The van der Waals surface area contributed by atoms with Crippen molar-refractivity contribution in [2.24, 2.45) is 0 Å². The van der Waals surface area contributed by atoms with E-state index in [0.717, 1.165) is 12.2 Å². The Balaban J connectivity index is 1.25. The predicted octanol–water partition coefficient (Wildman–Crippen LogP) is 3.60. The summed E-state index contributed by atoms with van der Waals surface area (Å²) >= 11 is 7.31. The van der Waals surface area contributed by atoms with Crippen LogP contribution in [0, 0.1) is 0 Å². The van der Waals surface area contributed by atoms with Gasteiger partial charge in [-0.1, -0.05) is 53.7 Å². The van der Waals surface area contributed by atoms with Crippen LogP contribution in [0.3, 0.4) is 0 Å². The monoisotopic (exact) mass is 401 g/mol. The van der Waals surface area contributed by atoms with Crippen molar-refractivity contribution in [1.29, 1.82) is 0 Å². The molecule has 0 saturated carbocycles. The van der Waals surface area contributed by atoms with Crippen LogP contribution in [0.15, 0.2) is 58.2 Å². The summed E-state index contributed by atoms with van der Waals surface area (Å²) in [6.07, 6.45) is 0.764. The molecular weight excluding hydrogens is 386 g/mol. The Hall–Kier alpha value is -2.51. The zero-order chi connectivity index (χ0) is 18.6. The van der Waals surface area contributed by atoms with Crippen LogP contribution in [0.25, 0.3) is 11.5 Å². The van der Waals surface area contributed by atoms with Crippen molar-refractivity contribution in [2.75, 3.05) is 12.3 Å². The number of hydrogen-bond acceptors (Lipinski definition) is 6. The van der Waals surface area contributed by atoms with Gasteiger partial charge in [-0.2, -0.15) is 0 Å². The van der Waals surface area contributed by atoms with Gasteiger partial charge in [0.05, 0.1) is 22.9 Å². The Bertz CT molecular complexity index is 938. The van der Waals surface area contributed by atoms with Gasteiger partial charge >= 0.3 is 0 Å². The summed E-state index contributed by atoms with van der Waals surface area (Å²) in [5.74, 6) is 1.30. The van der Waals surface area contributed by atoms with Gasteiger partial charge in [0.2, 0.25) is 11.8 Å². The number of benzene rings is 2. The van der Waals surface area contributed by atoms with Gasteiger partial charge in [0.1, 0.15) is 11.9 Å². The highest BCUT2D eigenvalue weighted by Crippen LogP contribution is 2.29. The second-order valence-corrected chi connectivity index (χ2v) is 7.33. The van der Waals surface area contributed by atoms with E-state index in [0.29, 0.717) is 28.2 Å². The Morgan fingerprint density at radius 2 is 2.00 bits per heavy atom. The molecule has 0 spiro atoms. The van der Waals surface area contributed by atoms with Crippen LogP contribution in [0.2, 0.25) is 5.02 Å². The van der Waals surface area contributed by atoms with E-state index in [1.807, 2.05) is 36.4 Å². The highest BCUT2D eigenvalue weighted by atomic mass is 35.5. The number of aromatic nitrogens is 2. The zero-order valence-corrected chi connectivity index (χ0v) is 15.8. The molecule has 1 amide bonds. The molecule has 2 heterocycles. The molecule has 138 valence electrons. The molecule has 8 heteroatoms. The molecule has 27 heavy (non-hydrogen) atoms. The van der Waals surface area contributed by atoms with Crippen LogP contribution in [-0.4, -0.2) is 34.5 Å². The largest absolute Gasteiger partial charge is 0.488 e. The van der Waals surface area contributed by atoms with Crippen molar-refractivity contribution >= 4 is 29.3 Å². The number of halogens is 1. The molecule has 1 unspecified atom stereocenters. The average Bonchev–Trinajstić information content (AvgIpc) is 3.31. The lowest BCUT2D eigenvalue weighted by Gasteiger charge is -2.11. The van der Waals surface area contributed by atoms with E-state index >= 15 is 0 Å². The lowest BCUT2D eigenvalue weighted by atomic mass is 10.1. The number of ether oxygens (including phenoxy) is 1. The fourth-order valence-corrected chi connectivity index (χ4v) is 3.59. The summed E-state index contributed by atoms with van der Waals surface area (Å²) < 4.78 is 11.4. The minimum atomic E-state index is -0.114. The SMILES string of the molecule is O=C(CSc1nnc(-c2ccccc2Cl)o1)NCC1Cc2ccccc2O1. The van der Waals surface area contributed by atoms with Crippen molar-refractivity contribution < 1.29 is 13.9 Å². The first kappa shape index (κ1) is 17.9. The molecule has 0 bridgehead atoms. The fourth-order valence-electron chi connectivity index (χ4n) is 2.79. The molecule has 1 aliphatic heterocycles. The average molecular weight is 402 g/mol. The van der Waals surface area contributed by atoms with E-state index in [-0.39, 0.29) is 17.8 Å². The number of para-hydroxylation sites is 1. The number of hydrogen-bond donors (Lipinski definition) is 1. The van der Waals surface area contributed by atoms with Crippen LogP contribution in [0.5, 0.6) is 5.75 Å². The number of nitrogens with one attached hydrogen (secondary N) is 1.